The predicted octanol–water partition coefficient (Wildman–Crippen LogP) is 2.61. The molecule has 1 N–H and O–H groups in total. The average Bonchev–Trinajstić information content (AvgIpc) is 2.65. The highest BCUT2D eigenvalue weighted by Crippen LogP contribution is 2.35. The van der Waals surface area contributed by atoms with Crippen molar-refractivity contribution in [3.8, 4) is 5.75 Å². The summed E-state index contributed by atoms with van der Waals surface area (Å²) in [5, 5.41) is 13.4. The van der Waals surface area contributed by atoms with E-state index in [9.17, 15) is 19.5 Å². The largest absolute Gasteiger partial charge is 0.546 e. The van der Waals surface area contributed by atoms with Crippen LogP contribution in [0.15, 0.2) is 42.0 Å². The zero-order valence-corrected chi connectivity index (χ0v) is 17.9. The summed E-state index contributed by atoms with van der Waals surface area (Å²) in [4.78, 5) is 37.0. The third-order valence-corrected chi connectivity index (χ3v) is 4.95. The first-order chi connectivity index (χ1) is 14.2. The second-order valence-corrected chi connectivity index (χ2v) is 7.55. The van der Waals surface area contributed by atoms with Crippen molar-refractivity contribution in [2.24, 2.45) is 0 Å². The van der Waals surface area contributed by atoms with E-state index in [1.807, 2.05) is 0 Å². The number of anilines is 1. The summed E-state index contributed by atoms with van der Waals surface area (Å²) in [6, 6.07) is 9.06. The molecule has 0 atom stereocenters. The molecule has 2 amide bonds. The SMILES string of the molecule is O=C([O-])COc1c(Cl)cc(/C=C2\C(=O)NC(=S)N(c3ccc(Cl)cc3)C2=O)cc1Cl. The third-order valence-electron chi connectivity index (χ3n) is 3.85. The van der Waals surface area contributed by atoms with Gasteiger partial charge in [-0.25, -0.2) is 0 Å². The van der Waals surface area contributed by atoms with Gasteiger partial charge in [-0.15, -0.1) is 0 Å². The molecule has 0 radical (unpaired) electrons. The zero-order valence-electron chi connectivity index (χ0n) is 14.8. The number of benzene rings is 2. The minimum Gasteiger partial charge on any atom is -0.546 e. The lowest BCUT2D eigenvalue weighted by Crippen LogP contribution is -2.54. The average molecular weight is 485 g/mol. The van der Waals surface area contributed by atoms with Crippen LogP contribution in [0.3, 0.4) is 0 Å². The third kappa shape index (κ3) is 4.73. The number of carboxylic acid groups (broad SMARTS) is 1. The number of aliphatic carboxylic acids is 1. The second kappa shape index (κ2) is 9.01. The molecule has 1 heterocycles. The Balaban J connectivity index is 1.96. The molecule has 1 aliphatic rings. The minimum absolute atomic E-state index is 0.00987. The van der Waals surface area contributed by atoms with Crippen molar-refractivity contribution in [2.75, 3.05) is 11.5 Å². The van der Waals surface area contributed by atoms with Crippen LogP contribution >= 0.6 is 47.0 Å². The van der Waals surface area contributed by atoms with Crippen LogP contribution in [-0.2, 0) is 14.4 Å². The monoisotopic (exact) mass is 483 g/mol. The van der Waals surface area contributed by atoms with Gasteiger partial charge in [-0.05, 0) is 60.3 Å². The van der Waals surface area contributed by atoms with Gasteiger partial charge < -0.3 is 14.6 Å². The number of rotatable bonds is 5. The Bertz CT molecular complexity index is 1080. The van der Waals surface area contributed by atoms with Crippen molar-refractivity contribution >= 4 is 81.7 Å². The fourth-order valence-corrected chi connectivity index (χ4v) is 3.60. The highest BCUT2D eigenvalue weighted by Gasteiger charge is 2.34. The minimum atomic E-state index is -1.45. The van der Waals surface area contributed by atoms with Crippen LogP contribution in [0.4, 0.5) is 5.69 Å². The zero-order chi connectivity index (χ0) is 22.0. The molecule has 7 nitrogen and oxygen atoms in total. The van der Waals surface area contributed by atoms with E-state index in [0.29, 0.717) is 16.3 Å². The highest BCUT2D eigenvalue weighted by atomic mass is 35.5. The number of hydrogen-bond acceptors (Lipinski definition) is 6. The van der Waals surface area contributed by atoms with Crippen LogP contribution in [0.5, 0.6) is 5.75 Å². The maximum atomic E-state index is 13.0. The van der Waals surface area contributed by atoms with Crippen molar-refractivity contribution in [3.63, 3.8) is 0 Å². The Labute approximate surface area is 190 Å². The smallest absolute Gasteiger partial charge is 0.270 e. The molecule has 0 saturated carbocycles. The van der Waals surface area contributed by atoms with Crippen LogP contribution in [0.1, 0.15) is 5.56 Å². The van der Waals surface area contributed by atoms with Gasteiger partial charge in [-0.3, -0.25) is 19.8 Å². The normalized spacial score (nSPS) is 15.4. The Morgan fingerprint density at radius 3 is 2.30 bits per heavy atom. The van der Waals surface area contributed by atoms with Crippen LogP contribution < -0.4 is 20.1 Å². The topological polar surface area (TPSA) is 98.8 Å². The Hall–Kier alpha value is -2.65. The molecule has 0 unspecified atom stereocenters. The molecule has 1 saturated heterocycles. The fourth-order valence-electron chi connectivity index (χ4n) is 2.58. The molecule has 2 aromatic rings. The van der Waals surface area contributed by atoms with E-state index in [4.69, 9.17) is 51.8 Å². The molecule has 3 rings (SSSR count). The first kappa shape index (κ1) is 22.0. The number of ether oxygens (including phenoxy) is 1. The number of halogens is 3. The van der Waals surface area contributed by atoms with Crippen LogP contribution in [-0.4, -0.2) is 29.5 Å². The van der Waals surface area contributed by atoms with Crippen LogP contribution in [0.2, 0.25) is 15.1 Å². The van der Waals surface area contributed by atoms with E-state index in [1.165, 1.54) is 18.2 Å². The maximum absolute atomic E-state index is 13.0. The Morgan fingerprint density at radius 1 is 1.13 bits per heavy atom. The molecular weight excluding hydrogens is 475 g/mol. The summed E-state index contributed by atoms with van der Waals surface area (Å²) in [7, 11) is 0. The summed E-state index contributed by atoms with van der Waals surface area (Å²) in [5.41, 5.74) is 0.518. The summed E-state index contributed by atoms with van der Waals surface area (Å²) in [6.07, 6.45) is 1.28. The van der Waals surface area contributed by atoms with Crippen molar-refractivity contribution in [3.05, 3.63) is 62.6 Å². The lowest BCUT2D eigenvalue weighted by molar-refractivity contribution is -0.307. The summed E-state index contributed by atoms with van der Waals surface area (Å²) in [6.45, 7) is -0.742. The number of nitrogens with zero attached hydrogens (tertiary/aromatic N) is 1. The van der Waals surface area contributed by atoms with Gasteiger partial charge in [0.05, 0.1) is 21.7 Å². The molecule has 0 aliphatic carbocycles. The Kier molecular flexibility index (Phi) is 6.62. The molecule has 2 aromatic carbocycles. The van der Waals surface area contributed by atoms with Gasteiger partial charge in [0.1, 0.15) is 12.2 Å². The number of thiocarbonyl (C=S) groups is 1. The van der Waals surface area contributed by atoms with E-state index in [0.717, 1.165) is 4.90 Å². The lowest BCUT2D eigenvalue weighted by Gasteiger charge is -2.29. The number of nitrogens with one attached hydrogen (secondary N) is 1. The summed E-state index contributed by atoms with van der Waals surface area (Å²) < 4.78 is 4.99. The standard InChI is InChI=1S/C19H11Cl3N2O5S/c20-10-1-3-11(4-2-10)24-18(28)12(17(27)23-19(24)30)5-9-6-13(21)16(14(22)7-9)29-8-15(25)26/h1-7H,8H2,(H,25,26)(H,23,27,30)/p-1/b12-5+. The summed E-state index contributed by atoms with van der Waals surface area (Å²) >= 11 is 23.2. The van der Waals surface area contributed by atoms with E-state index in [1.54, 1.807) is 24.3 Å². The maximum Gasteiger partial charge on any atom is 0.270 e. The molecule has 154 valence electrons. The van der Waals surface area contributed by atoms with E-state index in [2.05, 4.69) is 5.32 Å². The Morgan fingerprint density at radius 2 is 1.73 bits per heavy atom. The van der Waals surface area contributed by atoms with Crippen molar-refractivity contribution in [1.82, 2.24) is 5.32 Å². The van der Waals surface area contributed by atoms with E-state index >= 15 is 0 Å². The van der Waals surface area contributed by atoms with E-state index in [-0.39, 0.29) is 26.5 Å². The van der Waals surface area contributed by atoms with Gasteiger partial charge in [0.2, 0.25) is 0 Å². The van der Waals surface area contributed by atoms with Crippen molar-refractivity contribution in [2.45, 2.75) is 0 Å². The quantitative estimate of drug-likeness (QED) is 0.398. The molecule has 0 spiro atoms. The van der Waals surface area contributed by atoms with Gasteiger partial charge in [0.15, 0.2) is 10.9 Å². The number of hydrogen-bond donors (Lipinski definition) is 1. The first-order valence-electron chi connectivity index (χ1n) is 8.16. The van der Waals surface area contributed by atoms with Crippen molar-refractivity contribution in [1.29, 1.82) is 0 Å². The molecule has 11 heteroatoms. The fraction of sp³-hybridized carbons (Fsp3) is 0.0526. The molecule has 0 bridgehead atoms. The number of carbonyl (C=O) groups is 3. The molecule has 30 heavy (non-hydrogen) atoms. The van der Waals surface area contributed by atoms with Crippen molar-refractivity contribution < 1.29 is 24.2 Å². The lowest BCUT2D eigenvalue weighted by atomic mass is 10.1. The van der Waals surface area contributed by atoms with Crippen LogP contribution in [0.25, 0.3) is 6.08 Å². The number of amides is 2. The number of carbonyl (C=O) groups excluding carboxylic acids is 3. The molecule has 1 fully saturated rings. The highest BCUT2D eigenvalue weighted by molar-refractivity contribution is 7.80. The molecule has 0 aromatic heterocycles. The van der Waals surface area contributed by atoms with Gasteiger partial charge in [0.25, 0.3) is 11.8 Å². The molecular formula is C19H10Cl3N2O5S-. The second-order valence-electron chi connectivity index (χ2n) is 5.91. The van der Waals surface area contributed by atoms with E-state index < -0.39 is 24.4 Å². The van der Waals surface area contributed by atoms with Gasteiger partial charge in [0, 0.05) is 5.02 Å². The van der Waals surface area contributed by atoms with Gasteiger partial charge in [-0.1, -0.05) is 34.8 Å². The first-order valence-corrected chi connectivity index (χ1v) is 9.70. The van der Waals surface area contributed by atoms with Gasteiger partial charge in [-0.2, -0.15) is 0 Å². The number of carboxylic acids is 1. The summed E-state index contributed by atoms with van der Waals surface area (Å²) in [5.74, 6) is -2.86. The molecule has 1 aliphatic heterocycles. The van der Waals surface area contributed by atoms with Gasteiger partial charge >= 0.3 is 0 Å². The predicted molar refractivity (Wildman–Crippen MR) is 115 cm³/mol. The van der Waals surface area contributed by atoms with Crippen LogP contribution in [0, 0.1) is 0 Å².